The van der Waals surface area contributed by atoms with Crippen LogP contribution in [0.3, 0.4) is 0 Å². The highest BCUT2D eigenvalue weighted by molar-refractivity contribution is 7.15. The number of fused-ring (bicyclic) bond motifs is 1. The molecule has 2 aromatic carbocycles. The van der Waals surface area contributed by atoms with Gasteiger partial charge in [0.2, 0.25) is 0 Å². The number of ether oxygens (including phenoxy) is 1. The van der Waals surface area contributed by atoms with E-state index in [0.29, 0.717) is 18.0 Å². The van der Waals surface area contributed by atoms with Crippen molar-refractivity contribution in [2.45, 2.75) is 20.5 Å². The fraction of sp³-hybridized carbons (Fsp3) is 0.143. The third-order valence-electron chi connectivity index (χ3n) is 4.37. The van der Waals surface area contributed by atoms with Gasteiger partial charge in [-0.15, -0.1) is 11.3 Å². The molecule has 2 heterocycles. The standard InChI is InChI=1S/C21H18N2O2S/c1-14-10-17(19-18(12-24)23-8-9-26-21(23)22-19)11-15(2)20(14)25-13-16-6-4-3-5-7-16/h3-12H,13H2,1-2H3. The molecular weight excluding hydrogens is 344 g/mol. The summed E-state index contributed by atoms with van der Waals surface area (Å²) in [6, 6.07) is 14.2. The van der Waals surface area contributed by atoms with E-state index in [1.54, 1.807) is 0 Å². The number of nitrogens with zero attached hydrogens (tertiary/aromatic N) is 2. The zero-order chi connectivity index (χ0) is 18.1. The van der Waals surface area contributed by atoms with Crippen molar-refractivity contribution in [1.29, 1.82) is 0 Å². The Morgan fingerprint density at radius 3 is 2.58 bits per heavy atom. The van der Waals surface area contributed by atoms with E-state index in [4.69, 9.17) is 4.74 Å². The normalized spacial score (nSPS) is 11.0. The van der Waals surface area contributed by atoms with E-state index in [1.807, 2.05) is 72.3 Å². The van der Waals surface area contributed by atoms with Crippen LogP contribution in [0.15, 0.2) is 54.0 Å². The molecule has 5 heteroatoms. The van der Waals surface area contributed by atoms with E-state index in [-0.39, 0.29) is 0 Å². The molecule has 26 heavy (non-hydrogen) atoms. The molecule has 0 bridgehead atoms. The molecule has 2 aromatic heterocycles. The van der Waals surface area contributed by atoms with Crippen molar-refractivity contribution in [3.8, 4) is 17.0 Å². The first-order chi connectivity index (χ1) is 12.7. The van der Waals surface area contributed by atoms with Gasteiger partial charge in [0.1, 0.15) is 23.7 Å². The Morgan fingerprint density at radius 1 is 1.15 bits per heavy atom. The van der Waals surface area contributed by atoms with Crippen LogP contribution in [0, 0.1) is 13.8 Å². The van der Waals surface area contributed by atoms with Gasteiger partial charge in [0.15, 0.2) is 11.2 Å². The first-order valence-corrected chi connectivity index (χ1v) is 9.24. The molecule has 0 saturated heterocycles. The first kappa shape index (κ1) is 16.5. The second kappa shape index (κ2) is 6.77. The number of thiazole rings is 1. The zero-order valence-electron chi connectivity index (χ0n) is 14.6. The molecule has 0 aliphatic carbocycles. The Labute approximate surface area is 155 Å². The van der Waals surface area contributed by atoms with Crippen molar-refractivity contribution in [2.75, 3.05) is 0 Å². The highest BCUT2D eigenvalue weighted by atomic mass is 32.1. The number of aromatic nitrogens is 2. The van der Waals surface area contributed by atoms with Crippen molar-refractivity contribution in [3.05, 3.63) is 76.4 Å². The fourth-order valence-electron chi connectivity index (χ4n) is 3.17. The minimum Gasteiger partial charge on any atom is -0.488 e. The smallest absolute Gasteiger partial charge is 0.194 e. The predicted molar refractivity (Wildman–Crippen MR) is 104 cm³/mol. The van der Waals surface area contributed by atoms with Crippen LogP contribution in [0.4, 0.5) is 0 Å². The Balaban J connectivity index is 1.68. The molecule has 0 amide bonds. The van der Waals surface area contributed by atoms with Crippen LogP contribution in [0.25, 0.3) is 16.2 Å². The minimum absolute atomic E-state index is 0.529. The lowest BCUT2D eigenvalue weighted by atomic mass is 10.0. The molecule has 0 aliphatic rings. The molecule has 0 atom stereocenters. The maximum absolute atomic E-state index is 11.6. The molecule has 0 fully saturated rings. The van der Waals surface area contributed by atoms with Crippen molar-refractivity contribution in [3.63, 3.8) is 0 Å². The number of rotatable bonds is 5. The third kappa shape index (κ3) is 2.91. The lowest BCUT2D eigenvalue weighted by Gasteiger charge is -2.14. The molecule has 130 valence electrons. The van der Waals surface area contributed by atoms with Crippen LogP contribution in [0.5, 0.6) is 5.75 Å². The van der Waals surface area contributed by atoms with Gasteiger partial charge in [0.05, 0.1) is 0 Å². The Bertz CT molecular complexity index is 1060. The molecule has 4 rings (SSSR count). The number of aldehydes is 1. The summed E-state index contributed by atoms with van der Waals surface area (Å²) in [5.41, 5.74) is 5.43. The third-order valence-corrected chi connectivity index (χ3v) is 5.13. The topological polar surface area (TPSA) is 43.6 Å². The van der Waals surface area contributed by atoms with Gasteiger partial charge in [-0.1, -0.05) is 30.3 Å². The van der Waals surface area contributed by atoms with Crippen molar-refractivity contribution < 1.29 is 9.53 Å². The van der Waals surface area contributed by atoms with Gasteiger partial charge in [0, 0.05) is 17.1 Å². The summed E-state index contributed by atoms with van der Waals surface area (Å²) < 4.78 is 7.88. The summed E-state index contributed by atoms with van der Waals surface area (Å²) in [6.07, 6.45) is 2.74. The number of hydrogen-bond acceptors (Lipinski definition) is 4. The molecule has 4 nitrogen and oxygen atoms in total. The van der Waals surface area contributed by atoms with Gasteiger partial charge in [-0.05, 0) is 42.7 Å². The highest BCUT2D eigenvalue weighted by Crippen LogP contribution is 2.32. The second-order valence-corrected chi connectivity index (χ2v) is 7.11. The molecule has 0 spiro atoms. The fourth-order valence-corrected chi connectivity index (χ4v) is 3.89. The molecule has 0 radical (unpaired) electrons. The summed E-state index contributed by atoms with van der Waals surface area (Å²) in [4.78, 5) is 17.0. The molecular formula is C21H18N2O2S. The Morgan fingerprint density at radius 2 is 1.88 bits per heavy atom. The quantitative estimate of drug-likeness (QED) is 0.466. The van der Waals surface area contributed by atoms with Crippen molar-refractivity contribution >= 4 is 22.6 Å². The van der Waals surface area contributed by atoms with Crippen LogP contribution >= 0.6 is 11.3 Å². The second-order valence-electron chi connectivity index (χ2n) is 6.23. The van der Waals surface area contributed by atoms with Gasteiger partial charge in [-0.3, -0.25) is 9.20 Å². The highest BCUT2D eigenvalue weighted by Gasteiger charge is 2.16. The summed E-state index contributed by atoms with van der Waals surface area (Å²) >= 11 is 1.52. The molecule has 0 saturated carbocycles. The Hall–Kier alpha value is -2.92. The van der Waals surface area contributed by atoms with Crippen LogP contribution in [-0.4, -0.2) is 15.7 Å². The van der Waals surface area contributed by atoms with Crippen molar-refractivity contribution in [2.24, 2.45) is 0 Å². The predicted octanol–water partition coefficient (Wildman–Crippen LogP) is 5.07. The lowest BCUT2D eigenvalue weighted by molar-refractivity contribution is 0.111. The van der Waals surface area contributed by atoms with Gasteiger partial charge < -0.3 is 4.74 Å². The number of carbonyl (C=O) groups excluding carboxylic acids is 1. The zero-order valence-corrected chi connectivity index (χ0v) is 15.4. The van der Waals surface area contributed by atoms with Gasteiger partial charge >= 0.3 is 0 Å². The van der Waals surface area contributed by atoms with Gasteiger partial charge in [-0.2, -0.15) is 0 Å². The maximum Gasteiger partial charge on any atom is 0.194 e. The number of hydrogen-bond donors (Lipinski definition) is 0. The summed E-state index contributed by atoms with van der Waals surface area (Å²) in [7, 11) is 0. The van der Waals surface area contributed by atoms with Crippen LogP contribution < -0.4 is 4.74 Å². The molecule has 4 aromatic rings. The summed E-state index contributed by atoms with van der Waals surface area (Å²) in [5.74, 6) is 0.881. The van der Waals surface area contributed by atoms with E-state index in [0.717, 1.165) is 39.3 Å². The first-order valence-electron chi connectivity index (χ1n) is 8.36. The van der Waals surface area contributed by atoms with E-state index in [2.05, 4.69) is 4.98 Å². The van der Waals surface area contributed by atoms with E-state index >= 15 is 0 Å². The van der Waals surface area contributed by atoms with Gasteiger partial charge in [-0.25, -0.2) is 4.98 Å². The van der Waals surface area contributed by atoms with Crippen LogP contribution in [0.2, 0.25) is 0 Å². The van der Waals surface area contributed by atoms with Gasteiger partial charge in [0.25, 0.3) is 0 Å². The molecule has 0 unspecified atom stereocenters. The number of aryl methyl sites for hydroxylation is 2. The van der Waals surface area contributed by atoms with Crippen LogP contribution in [0.1, 0.15) is 27.2 Å². The maximum atomic E-state index is 11.6. The van der Waals surface area contributed by atoms with E-state index in [1.165, 1.54) is 11.3 Å². The van der Waals surface area contributed by atoms with Crippen LogP contribution in [-0.2, 0) is 6.61 Å². The molecule has 0 aliphatic heterocycles. The monoisotopic (exact) mass is 362 g/mol. The average Bonchev–Trinajstić information content (AvgIpc) is 3.22. The summed E-state index contributed by atoms with van der Waals surface area (Å²) in [5, 5.41) is 1.93. The van der Waals surface area contributed by atoms with E-state index < -0.39 is 0 Å². The SMILES string of the molecule is Cc1cc(-c2nc3sccn3c2C=O)cc(C)c1OCc1ccccc1. The summed E-state index contributed by atoms with van der Waals surface area (Å²) in [6.45, 7) is 4.58. The number of benzene rings is 2. The van der Waals surface area contributed by atoms with E-state index in [9.17, 15) is 4.79 Å². The van der Waals surface area contributed by atoms with Crippen molar-refractivity contribution in [1.82, 2.24) is 9.38 Å². The average molecular weight is 362 g/mol. The minimum atomic E-state index is 0.529. The number of imidazole rings is 1. The largest absolute Gasteiger partial charge is 0.488 e. The number of carbonyl (C=O) groups is 1. The Kier molecular flexibility index (Phi) is 4.31. The molecule has 0 N–H and O–H groups in total. The lowest BCUT2D eigenvalue weighted by Crippen LogP contribution is -2.00.